The van der Waals surface area contributed by atoms with Crippen LogP contribution in [0, 0.1) is 6.92 Å². The van der Waals surface area contributed by atoms with Gasteiger partial charge in [-0.1, -0.05) is 18.2 Å². The number of rotatable bonds is 8. The minimum Gasteiger partial charge on any atom is -0.497 e. The number of quaternary nitrogens is 1. The first-order chi connectivity index (χ1) is 11.6. The van der Waals surface area contributed by atoms with Crippen LogP contribution in [0.4, 0.5) is 5.69 Å². The fourth-order valence-electron chi connectivity index (χ4n) is 2.30. The van der Waals surface area contributed by atoms with Gasteiger partial charge in [0, 0.05) is 5.69 Å². The van der Waals surface area contributed by atoms with Crippen LogP contribution in [-0.4, -0.2) is 39.8 Å². The van der Waals surface area contributed by atoms with Crippen molar-refractivity contribution in [2.24, 2.45) is 0 Å². The van der Waals surface area contributed by atoms with Gasteiger partial charge in [0.2, 0.25) is 0 Å². The minimum atomic E-state index is -0.0199. The standard InChI is InChI=1S/C19H24N2O3/c1-15-6-4-5-7-18(15)24-13-12-21(2)14-19(22)20-16-8-10-17(23-3)11-9-16/h4-11H,12-14H2,1-3H3,(H,20,22)/p+1. The molecule has 0 saturated heterocycles. The van der Waals surface area contributed by atoms with Crippen molar-refractivity contribution >= 4 is 11.6 Å². The van der Waals surface area contributed by atoms with Crippen molar-refractivity contribution in [1.82, 2.24) is 0 Å². The number of carbonyl (C=O) groups is 1. The lowest BCUT2D eigenvalue weighted by Gasteiger charge is -2.15. The van der Waals surface area contributed by atoms with Crippen molar-refractivity contribution in [2.75, 3.05) is 39.2 Å². The molecule has 0 radical (unpaired) electrons. The predicted molar refractivity (Wildman–Crippen MR) is 94.9 cm³/mol. The summed E-state index contributed by atoms with van der Waals surface area (Å²) in [7, 11) is 3.60. The van der Waals surface area contributed by atoms with E-state index in [0.29, 0.717) is 13.2 Å². The SMILES string of the molecule is COc1ccc(NC(=O)C[NH+](C)CCOc2ccccc2C)cc1. The van der Waals surface area contributed by atoms with Crippen molar-refractivity contribution in [1.29, 1.82) is 0 Å². The van der Waals surface area contributed by atoms with E-state index < -0.39 is 0 Å². The molecule has 5 nitrogen and oxygen atoms in total. The lowest BCUT2D eigenvalue weighted by atomic mass is 10.2. The molecule has 24 heavy (non-hydrogen) atoms. The van der Waals surface area contributed by atoms with E-state index in [1.54, 1.807) is 7.11 Å². The second-order valence-electron chi connectivity index (χ2n) is 5.77. The van der Waals surface area contributed by atoms with Crippen LogP contribution in [0.1, 0.15) is 5.56 Å². The molecule has 2 aromatic rings. The van der Waals surface area contributed by atoms with Crippen LogP contribution in [0.25, 0.3) is 0 Å². The first-order valence-corrected chi connectivity index (χ1v) is 8.02. The van der Waals surface area contributed by atoms with Gasteiger partial charge < -0.3 is 19.7 Å². The highest BCUT2D eigenvalue weighted by molar-refractivity contribution is 5.91. The van der Waals surface area contributed by atoms with Crippen LogP contribution >= 0.6 is 0 Å². The second-order valence-corrected chi connectivity index (χ2v) is 5.77. The third-order valence-corrected chi connectivity index (χ3v) is 3.72. The molecule has 5 heteroatoms. The van der Waals surface area contributed by atoms with Gasteiger partial charge in [-0.25, -0.2) is 0 Å². The largest absolute Gasteiger partial charge is 0.497 e. The van der Waals surface area contributed by atoms with E-state index >= 15 is 0 Å². The van der Waals surface area contributed by atoms with Gasteiger partial charge in [0.1, 0.15) is 24.7 Å². The van der Waals surface area contributed by atoms with Gasteiger partial charge in [0.25, 0.3) is 5.91 Å². The summed E-state index contributed by atoms with van der Waals surface area (Å²) in [5.74, 6) is 1.64. The molecule has 0 aliphatic heterocycles. The van der Waals surface area contributed by atoms with Crippen LogP contribution in [0.15, 0.2) is 48.5 Å². The van der Waals surface area contributed by atoms with E-state index in [0.717, 1.165) is 34.2 Å². The second kappa shape index (κ2) is 8.93. The first-order valence-electron chi connectivity index (χ1n) is 8.02. The number of anilines is 1. The summed E-state index contributed by atoms with van der Waals surface area (Å²) < 4.78 is 10.9. The van der Waals surface area contributed by atoms with Crippen LogP contribution in [-0.2, 0) is 4.79 Å². The maximum Gasteiger partial charge on any atom is 0.279 e. The van der Waals surface area contributed by atoms with Crippen molar-refractivity contribution in [3.63, 3.8) is 0 Å². The van der Waals surface area contributed by atoms with Gasteiger partial charge in [0.05, 0.1) is 14.2 Å². The lowest BCUT2D eigenvalue weighted by molar-refractivity contribution is -0.871. The van der Waals surface area contributed by atoms with E-state index in [-0.39, 0.29) is 5.91 Å². The van der Waals surface area contributed by atoms with Crippen LogP contribution in [0.5, 0.6) is 11.5 Å². The Labute approximate surface area is 143 Å². The average Bonchev–Trinajstić information content (AvgIpc) is 2.57. The Kier molecular flexibility index (Phi) is 6.63. The monoisotopic (exact) mass is 329 g/mol. The highest BCUT2D eigenvalue weighted by Crippen LogP contribution is 2.15. The van der Waals surface area contributed by atoms with Gasteiger partial charge in [-0.2, -0.15) is 0 Å². The number of hydrogen-bond acceptors (Lipinski definition) is 3. The molecule has 128 valence electrons. The van der Waals surface area contributed by atoms with E-state index in [9.17, 15) is 4.79 Å². The van der Waals surface area contributed by atoms with Gasteiger partial charge in [0.15, 0.2) is 6.54 Å². The predicted octanol–water partition coefficient (Wildman–Crippen LogP) is 1.54. The molecule has 0 aliphatic rings. The summed E-state index contributed by atoms with van der Waals surface area (Å²) >= 11 is 0. The molecule has 2 rings (SSSR count). The zero-order valence-electron chi connectivity index (χ0n) is 14.5. The highest BCUT2D eigenvalue weighted by Gasteiger charge is 2.10. The van der Waals surface area contributed by atoms with E-state index in [1.807, 2.05) is 62.5 Å². The summed E-state index contributed by atoms with van der Waals surface area (Å²) in [5.41, 5.74) is 1.89. The van der Waals surface area contributed by atoms with Crippen LogP contribution in [0.2, 0.25) is 0 Å². The van der Waals surface area contributed by atoms with Gasteiger partial charge >= 0.3 is 0 Å². The number of aryl methyl sites for hydroxylation is 1. The molecular weight excluding hydrogens is 304 g/mol. The molecule has 0 aromatic heterocycles. The zero-order chi connectivity index (χ0) is 17.4. The van der Waals surface area contributed by atoms with Crippen LogP contribution in [0.3, 0.4) is 0 Å². The molecule has 2 aromatic carbocycles. The molecule has 1 atom stereocenters. The van der Waals surface area contributed by atoms with Gasteiger partial charge in [-0.15, -0.1) is 0 Å². The third kappa shape index (κ3) is 5.59. The van der Waals surface area contributed by atoms with E-state index in [2.05, 4.69) is 5.32 Å². The normalized spacial score (nSPS) is 11.6. The Balaban J connectivity index is 1.72. The van der Waals surface area contributed by atoms with Gasteiger partial charge in [-0.05, 0) is 42.8 Å². The Bertz CT molecular complexity index is 656. The maximum absolute atomic E-state index is 12.1. The number of methoxy groups -OCH3 is 1. The summed E-state index contributed by atoms with van der Waals surface area (Å²) in [6, 6.07) is 15.2. The number of benzene rings is 2. The van der Waals surface area contributed by atoms with Crippen LogP contribution < -0.4 is 19.7 Å². The van der Waals surface area contributed by atoms with Crippen molar-refractivity contribution in [3.05, 3.63) is 54.1 Å². The minimum absolute atomic E-state index is 0.0199. The zero-order valence-corrected chi connectivity index (χ0v) is 14.5. The highest BCUT2D eigenvalue weighted by atomic mass is 16.5. The Morgan fingerprint density at radius 1 is 1.12 bits per heavy atom. The Morgan fingerprint density at radius 2 is 1.83 bits per heavy atom. The number of likely N-dealkylation sites (N-methyl/N-ethyl adjacent to an activating group) is 1. The number of ether oxygens (including phenoxy) is 2. The number of nitrogens with one attached hydrogen (secondary N) is 2. The third-order valence-electron chi connectivity index (χ3n) is 3.72. The molecule has 0 saturated carbocycles. The first kappa shape index (κ1) is 17.8. The average molecular weight is 329 g/mol. The molecule has 0 spiro atoms. The number of para-hydroxylation sites is 1. The number of hydrogen-bond donors (Lipinski definition) is 2. The molecule has 0 fully saturated rings. The molecule has 1 unspecified atom stereocenters. The Hall–Kier alpha value is -2.53. The van der Waals surface area contributed by atoms with E-state index in [4.69, 9.17) is 9.47 Å². The molecule has 2 N–H and O–H groups in total. The molecular formula is C19H25N2O3+. The molecule has 1 amide bonds. The van der Waals surface area contributed by atoms with Crippen molar-refractivity contribution < 1.29 is 19.2 Å². The van der Waals surface area contributed by atoms with E-state index in [1.165, 1.54) is 0 Å². The molecule has 0 bridgehead atoms. The lowest BCUT2D eigenvalue weighted by Crippen LogP contribution is -3.10. The topological polar surface area (TPSA) is 52.0 Å². The quantitative estimate of drug-likeness (QED) is 0.772. The Morgan fingerprint density at radius 3 is 2.50 bits per heavy atom. The fraction of sp³-hybridized carbons (Fsp3) is 0.316. The molecule has 0 aliphatic carbocycles. The van der Waals surface area contributed by atoms with Crippen molar-refractivity contribution in [2.45, 2.75) is 6.92 Å². The smallest absolute Gasteiger partial charge is 0.279 e. The molecule has 0 heterocycles. The summed E-state index contributed by atoms with van der Waals surface area (Å²) in [4.78, 5) is 13.2. The summed E-state index contributed by atoms with van der Waals surface area (Å²) in [5, 5.41) is 2.89. The fourth-order valence-corrected chi connectivity index (χ4v) is 2.30. The summed E-state index contributed by atoms with van der Waals surface area (Å²) in [6.45, 7) is 3.74. The maximum atomic E-state index is 12.1. The van der Waals surface area contributed by atoms with Gasteiger partial charge in [-0.3, -0.25) is 4.79 Å². The number of amides is 1. The number of carbonyl (C=O) groups excluding carboxylic acids is 1. The summed E-state index contributed by atoms with van der Waals surface area (Å²) in [6.07, 6.45) is 0. The van der Waals surface area contributed by atoms with Crippen molar-refractivity contribution in [3.8, 4) is 11.5 Å².